The summed E-state index contributed by atoms with van der Waals surface area (Å²) in [5.74, 6) is 0.732. The second-order valence-corrected chi connectivity index (χ2v) is 7.12. The Morgan fingerprint density at radius 2 is 1.77 bits per heavy atom. The highest BCUT2D eigenvalue weighted by atomic mass is 35.5. The summed E-state index contributed by atoms with van der Waals surface area (Å²) < 4.78 is 1.84. The van der Waals surface area contributed by atoms with Crippen molar-refractivity contribution in [1.29, 1.82) is 0 Å². The number of carbonyl (C=O) groups is 1. The van der Waals surface area contributed by atoms with Crippen LogP contribution < -0.4 is 5.32 Å². The van der Waals surface area contributed by atoms with Crippen LogP contribution >= 0.6 is 35.0 Å². The molecule has 0 bridgehead atoms. The maximum atomic E-state index is 12.4. The number of anilines is 1. The fourth-order valence-electron chi connectivity index (χ4n) is 2.34. The van der Waals surface area contributed by atoms with Crippen molar-refractivity contribution in [3.63, 3.8) is 0 Å². The summed E-state index contributed by atoms with van der Waals surface area (Å²) in [4.78, 5) is 12.4. The van der Waals surface area contributed by atoms with Gasteiger partial charge in [-0.2, -0.15) is 0 Å². The van der Waals surface area contributed by atoms with Crippen LogP contribution in [0.15, 0.2) is 53.7 Å². The van der Waals surface area contributed by atoms with E-state index < -0.39 is 0 Å². The van der Waals surface area contributed by atoms with Crippen molar-refractivity contribution in [1.82, 2.24) is 14.8 Å². The lowest BCUT2D eigenvalue weighted by Crippen LogP contribution is -2.16. The summed E-state index contributed by atoms with van der Waals surface area (Å²) in [5, 5.41) is 12.9. The first-order valence-electron chi connectivity index (χ1n) is 7.95. The van der Waals surface area contributed by atoms with Gasteiger partial charge in [0, 0.05) is 17.3 Å². The number of nitrogens with zero attached hydrogens (tertiary/aromatic N) is 3. The summed E-state index contributed by atoms with van der Waals surface area (Å²) in [5.41, 5.74) is 1.41. The smallest absolute Gasteiger partial charge is 0.259 e. The lowest BCUT2D eigenvalue weighted by atomic mass is 10.2. The Balaban J connectivity index is 1.75. The maximum Gasteiger partial charge on any atom is 0.259 e. The summed E-state index contributed by atoms with van der Waals surface area (Å²) in [6.45, 7) is 2.59. The summed E-state index contributed by atoms with van der Waals surface area (Å²) in [6.07, 6.45) is 0. The van der Waals surface area contributed by atoms with Crippen molar-refractivity contribution in [2.45, 2.75) is 24.4 Å². The van der Waals surface area contributed by atoms with Crippen molar-refractivity contribution in [2.75, 3.05) is 5.32 Å². The van der Waals surface area contributed by atoms with Gasteiger partial charge in [-0.25, -0.2) is 0 Å². The number of carbonyl (C=O) groups excluding carboxylic acids is 1. The Morgan fingerprint density at radius 3 is 2.46 bits per heavy atom. The lowest BCUT2D eigenvalue weighted by molar-refractivity contribution is 0.102. The molecule has 8 heteroatoms. The van der Waals surface area contributed by atoms with Crippen LogP contribution in [0.3, 0.4) is 0 Å². The van der Waals surface area contributed by atoms with Gasteiger partial charge in [0.2, 0.25) is 5.95 Å². The van der Waals surface area contributed by atoms with E-state index >= 15 is 0 Å². The zero-order chi connectivity index (χ0) is 18.5. The highest BCUT2D eigenvalue weighted by Gasteiger charge is 2.16. The molecule has 0 spiro atoms. The molecule has 0 aliphatic carbocycles. The SMILES string of the molecule is CCn1c(NC(=O)c2ccccc2Cl)nnc1SCc1ccccc1Cl. The fourth-order valence-corrected chi connectivity index (χ4v) is 3.85. The standard InChI is InChI=1S/C18H16Cl2N4OS/c1-2-24-17(21-16(25)13-8-4-6-10-15(13)20)22-23-18(24)26-11-12-7-3-5-9-14(12)19/h3-10H,2,11H2,1H3,(H,21,22,25). The number of amides is 1. The molecular weight excluding hydrogens is 391 g/mol. The zero-order valence-electron chi connectivity index (χ0n) is 13.9. The lowest BCUT2D eigenvalue weighted by Gasteiger charge is -2.09. The molecule has 1 aromatic heterocycles. The Kier molecular flexibility index (Phi) is 6.19. The van der Waals surface area contributed by atoms with Gasteiger partial charge in [-0.1, -0.05) is 65.3 Å². The largest absolute Gasteiger partial charge is 0.290 e. The highest BCUT2D eigenvalue weighted by molar-refractivity contribution is 7.98. The van der Waals surface area contributed by atoms with Crippen LogP contribution in [0.2, 0.25) is 10.0 Å². The molecule has 0 aliphatic heterocycles. The molecule has 0 atom stereocenters. The van der Waals surface area contributed by atoms with Gasteiger partial charge in [-0.3, -0.25) is 14.7 Å². The van der Waals surface area contributed by atoms with Crippen LogP contribution in [0.1, 0.15) is 22.8 Å². The molecule has 1 N–H and O–H groups in total. The second-order valence-electron chi connectivity index (χ2n) is 5.36. The normalized spacial score (nSPS) is 10.7. The third-order valence-corrected chi connectivity index (χ3v) is 5.41. The van der Waals surface area contributed by atoms with Crippen LogP contribution in [-0.4, -0.2) is 20.7 Å². The Labute approximate surface area is 165 Å². The van der Waals surface area contributed by atoms with E-state index in [-0.39, 0.29) is 5.91 Å². The number of benzene rings is 2. The van der Waals surface area contributed by atoms with Crippen molar-refractivity contribution in [2.24, 2.45) is 0 Å². The third kappa shape index (κ3) is 4.20. The Bertz CT molecular complexity index is 929. The predicted octanol–water partition coefficient (Wildman–Crippen LogP) is 5.15. The van der Waals surface area contributed by atoms with E-state index in [1.165, 1.54) is 11.8 Å². The quantitative estimate of drug-likeness (QED) is 0.574. The first kappa shape index (κ1) is 18.8. The first-order valence-corrected chi connectivity index (χ1v) is 9.69. The van der Waals surface area contributed by atoms with Crippen LogP contribution in [-0.2, 0) is 12.3 Å². The van der Waals surface area contributed by atoms with Crippen molar-refractivity contribution < 1.29 is 4.79 Å². The van der Waals surface area contributed by atoms with E-state index in [9.17, 15) is 4.79 Å². The number of nitrogens with one attached hydrogen (secondary N) is 1. The summed E-state index contributed by atoms with van der Waals surface area (Å²) in [7, 11) is 0. The van der Waals surface area contributed by atoms with Crippen LogP contribution in [0.5, 0.6) is 0 Å². The Morgan fingerprint density at radius 1 is 1.08 bits per heavy atom. The molecule has 2 aromatic carbocycles. The molecule has 0 aliphatic rings. The predicted molar refractivity (Wildman–Crippen MR) is 106 cm³/mol. The molecule has 1 heterocycles. The molecule has 0 saturated carbocycles. The van der Waals surface area contributed by atoms with Crippen LogP contribution in [0.4, 0.5) is 5.95 Å². The van der Waals surface area contributed by atoms with Gasteiger partial charge in [-0.05, 0) is 30.7 Å². The van der Waals surface area contributed by atoms with Crippen LogP contribution in [0, 0.1) is 0 Å². The molecule has 0 unspecified atom stereocenters. The van der Waals surface area contributed by atoms with Gasteiger partial charge >= 0.3 is 0 Å². The molecule has 0 saturated heterocycles. The van der Waals surface area contributed by atoms with Gasteiger partial charge in [0.05, 0.1) is 10.6 Å². The minimum absolute atomic E-state index is 0.319. The monoisotopic (exact) mass is 406 g/mol. The minimum atomic E-state index is -0.319. The van der Waals surface area contributed by atoms with E-state index in [1.807, 2.05) is 35.8 Å². The zero-order valence-corrected chi connectivity index (χ0v) is 16.3. The number of rotatable bonds is 6. The summed E-state index contributed by atoms with van der Waals surface area (Å²) >= 11 is 13.8. The molecule has 1 amide bonds. The second kappa shape index (κ2) is 8.58. The van der Waals surface area contributed by atoms with Gasteiger partial charge in [0.25, 0.3) is 5.91 Å². The molecule has 3 rings (SSSR count). The summed E-state index contributed by atoms with van der Waals surface area (Å²) in [6, 6.07) is 14.5. The number of hydrogen-bond donors (Lipinski definition) is 1. The van der Waals surface area contributed by atoms with Gasteiger partial charge in [0.15, 0.2) is 5.16 Å². The van der Waals surface area contributed by atoms with Gasteiger partial charge < -0.3 is 0 Å². The molecule has 26 heavy (non-hydrogen) atoms. The average Bonchev–Trinajstić information content (AvgIpc) is 3.02. The number of hydrogen-bond acceptors (Lipinski definition) is 4. The van der Waals surface area contributed by atoms with Gasteiger partial charge in [-0.15, -0.1) is 10.2 Å². The molecule has 3 aromatic rings. The van der Waals surface area contributed by atoms with Crippen molar-refractivity contribution in [3.8, 4) is 0 Å². The number of aromatic nitrogens is 3. The number of halogens is 2. The average molecular weight is 407 g/mol. The third-order valence-electron chi connectivity index (χ3n) is 3.69. The highest BCUT2D eigenvalue weighted by Crippen LogP contribution is 2.27. The van der Waals surface area contributed by atoms with Crippen molar-refractivity contribution >= 4 is 46.8 Å². The van der Waals surface area contributed by atoms with E-state index in [4.69, 9.17) is 23.2 Å². The first-order chi connectivity index (χ1) is 12.6. The maximum absolute atomic E-state index is 12.4. The Hall–Kier alpha value is -2.02. The molecule has 5 nitrogen and oxygen atoms in total. The van der Waals surface area contributed by atoms with Gasteiger partial charge in [0.1, 0.15) is 0 Å². The molecule has 134 valence electrons. The van der Waals surface area contributed by atoms with E-state index in [2.05, 4.69) is 15.5 Å². The topological polar surface area (TPSA) is 59.8 Å². The molecule has 0 fully saturated rings. The molecular formula is C18H16Cl2N4OS. The van der Waals surface area contributed by atoms with E-state index in [0.717, 1.165) is 10.6 Å². The van der Waals surface area contributed by atoms with Crippen LogP contribution in [0.25, 0.3) is 0 Å². The van der Waals surface area contributed by atoms with Crippen molar-refractivity contribution in [3.05, 3.63) is 69.7 Å². The minimum Gasteiger partial charge on any atom is -0.290 e. The molecule has 0 radical (unpaired) electrons. The van der Waals surface area contributed by atoms with E-state index in [0.29, 0.717) is 34.0 Å². The number of thioether (sulfide) groups is 1. The fraction of sp³-hybridized carbons (Fsp3) is 0.167. The van der Waals surface area contributed by atoms with E-state index in [1.54, 1.807) is 24.3 Å².